The molecule has 0 aromatic heterocycles. The molecule has 2 rings (SSSR count). The Morgan fingerprint density at radius 3 is 3.00 bits per heavy atom. The van der Waals surface area contributed by atoms with E-state index in [1.54, 1.807) is 4.90 Å². The van der Waals surface area contributed by atoms with Gasteiger partial charge in [-0.25, -0.2) is 0 Å². The minimum atomic E-state index is -0.0320. The molecule has 0 atom stereocenters. The number of hydrogen-bond donors (Lipinski definition) is 1. The van der Waals surface area contributed by atoms with Gasteiger partial charge in [-0.05, 0) is 43.0 Å². The SMILES string of the molecule is Cc1cc(N)cc2c1N(C(=O)CCl)CCC2. The van der Waals surface area contributed by atoms with E-state index in [1.165, 1.54) is 0 Å². The number of nitrogen functional groups attached to an aromatic ring is 1. The topological polar surface area (TPSA) is 46.3 Å². The number of amides is 1. The first-order valence-electron chi connectivity index (χ1n) is 5.39. The molecule has 0 aliphatic carbocycles. The van der Waals surface area contributed by atoms with Crippen molar-refractivity contribution in [2.75, 3.05) is 23.1 Å². The number of benzene rings is 1. The normalized spacial score (nSPS) is 14.8. The molecule has 4 heteroatoms. The highest BCUT2D eigenvalue weighted by atomic mass is 35.5. The molecular formula is C12H15ClN2O. The number of aryl methyl sites for hydroxylation is 2. The fraction of sp³-hybridized carbons (Fsp3) is 0.417. The molecule has 1 aliphatic heterocycles. The first-order valence-corrected chi connectivity index (χ1v) is 5.92. The van der Waals surface area contributed by atoms with Crippen molar-refractivity contribution < 1.29 is 4.79 Å². The summed E-state index contributed by atoms with van der Waals surface area (Å²) in [6.07, 6.45) is 1.95. The van der Waals surface area contributed by atoms with E-state index in [1.807, 2.05) is 19.1 Å². The first kappa shape index (κ1) is 11.3. The molecule has 2 N–H and O–H groups in total. The average Bonchev–Trinajstić information content (AvgIpc) is 2.26. The maximum atomic E-state index is 11.7. The summed E-state index contributed by atoms with van der Waals surface area (Å²) in [6.45, 7) is 2.73. The predicted octanol–water partition coefficient (Wildman–Crippen LogP) is 2.10. The number of alkyl halides is 1. The van der Waals surface area contributed by atoms with Crippen LogP contribution < -0.4 is 10.6 Å². The minimum absolute atomic E-state index is 0.0310. The Bertz CT molecular complexity index is 431. The number of anilines is 2. The van der Waals surface area contributed by atoms with Crippen LogP contribution in [-0.2, 0) is 11.2 Å². The zero-order chi connectivity index (χ0) is 11.7. The number of nitrogens with zero attached hydrogens (tertiary/aromatic N) is 1. The monoisotopic (exact) mass is 238 g/mol. The van der Waals surface area contributed by atoms with Gasteiger partial charge in [-0.15, -0.1) is 11.6 Å². The summed E-state index contributed by atoms with van der Waals surface area (Å²) in [5.74, 6) is -0.000947. The summed E-state index contributed by atoms with van der Waals surface area (Å²) in [4.78, 5) is 13.5. The lowest BCUT2D eigenvalue weighted by molar-refractivity contribution is -0.116. The van der Waals surface area contributed by atoms with Gasteiger partial charge in [-0.1, -0.05) is 0 Å². The molecule has 0 radical (unpaired) electrons. The van der Waals surface area contributed by atoms with Crippen molar-refractivity contribution in [2.24, 2.45) is 0 Å². The molecule has 0 saturated heterocycles. The Balaban J connectivity index is 2.49. The molecule has 0 bridgehead atoms. The highest BCUT2D eigenvalue weighted by Gasteiger charge is 2.23. The van der Waals surface area contributed by atoms with Crippen LogP contribution in [0, 0.1) is 6.92 Å². The van der Waals surface area contributed by atoms with Crippen molar-refractivity contribution in [3.8, 4) is 0 Å². The second-order valence-corrected chi connectivity index (χ2v) is 4.40. The van der Waals surface area contributed by atoms with E-state index < -0.39 is 0 Å². The number of hydrogen-bond acceptors (Lipinski definition) is 2. The molecule has 1 aliphatic rings. The Labute approximate surface area is 100 Å². The number of halogens is 1. The van der Waals surface area contributed by atoms with Crippen LogP contribution in [0.3, 0.4) is 0 Å². The lowest BCUT2D eigenvalue weighted by Gasteiger charge is -2.31. The molecule has 86 valence electrons. The smallest absolute Gasteiger partial charge is 0.241 e. The Kier molecular flexibility index (Phi) is 3.06. The largest absolute Gasteiger partial charge is 0.399 e. The predicted molar refractivity (Wildman–Crippen MR) is 67.0 cm³/mol. The molecule has 16 heavy (non-hydrogen) atoms. The highest BCUT2D eigenvalue weighted by Crippen LogP contribution is 2.32. The lowest BCUT2D eigenvalue weighted by Crippen LogP contribution is -2.36. The van der Waals surface area contributed by atoms with Gasteiger partial charge in [0.05, 0.1) is 0 Å². The van der Waals surface area contributed by atoms with Crippen LogP contribution >= 0.6 is 11.6 Å². The van der Waals surface area contributed by atoms with E-state index in [-0.39, 0.29) is 11.8 Å². The molecule has 0 saturated carbocycles. The van der Waals surface area contributed by atoms with E-state index in [0.717, 1.165) is 41.9 Å². The quantitative estimate of drug-likeness (QED) is 0.602. The summed E-state index contributed by atoms with van der Waals surface area (Å²) in [7, 11) is 0. The highest BCUT2D eigenvalue weighted by molar-refractivity contribution is 6.29. The average molecular weight is 239 g/mol. The van der Waals surface area contributed by atoms with Crippen molar-refractivity contribution in [3.63, 3.8) is 0 Å². The van der Waals surface area contributed by atoms with Gasteiger partial charge in [0.25, 0.3) is 0 Å². The number of carbonyl (C=O) groups is 1. The number of rotatable bonds is 1. The van der Waals surface area contributed by atoms with Crippen LogP contribution in [0.25, 0.3) is 0 Å². The molecule has 1 aromatic rings. The second-order valence-electron chi connectivity index (χ2n) is 4.13. The van der Waals surface area contributed by atoms with Gasteiger partial charge in [-0.2, -0.15) is 0 Å². The number of nitrogens with two attached hydrogens (primary N) is 1. The number of carbonyl (C=O) groups excluding carboxylic acids is 1. The van der Waals surface area contributed by atoms with Gasteiger partial charge in [0.15, 0.2) is 0 Å². The van der Waals surface area contributed by atoms with Gasteiger partial charge >= 0.3 is 0 Å². The van der Waals surface area contributed by atoms with E-state index >= 15 is 0 Å². The van der Waals surface area contributed by atoms with Crippen LogP contribution in [0.5, 0.6) is 0 Å². The first-order chi connectivity index (χ1) is 7.63. The van der Waals surface area contributed by atoms with Crippen molar-refractivity contribution in [1.82, 2.24) is 0 Å². The number of fused-ring (bicyclic) bond motifs is 1. The van der Waals surface area contributed by atoms with Crippen LogP contribution in [0.4, 0.5) is 11.4 Å². The zero-order valence-electron chi connectivity index (χ0n) is 9.29. The summed E-state index contributed by atoms with van der Waals surface area (Å²) in [5.41, 5.74) is 9.78. The third kappa shape index (κ3) is 1.87. The van der Waals surface area contributed by atoms with E-state index in [9.17, 15) is 4.79 Å². The van der Waals surface area contributed by atoms with Crippen molar-refractivity contribution >= 4 is 28.9 Å². The Hall–Kier alpha value is -1.22. The van der Waals surface area contributed by atoms with Crippen molar-refractivity contribution in [1.29, 1.82) is 0 Å². The van der Waals surface area contributed by atoms with E-state index in [2.05, 4.69) is 0 Å². The van der Waals surface area contributed by atoms with Crippen molar-refractivity contribution in [2.45, 2.75) is 19.8 Å². The second kappa shape index (κ2) is 4.34. The van der Waals surface area contributed by atoms with Crippen LogP contribution in [0.2, 0.25) is 0 Å². The molecule has 1 aromatic carbocycles. The van der Waals surface area contributed by atoms with Crippen LogP contribution in [0.1, 0.15) is 17.5 Å². The molecule has 1 heterocycles. The van der Waals surface area contributed by atoms with Gasteiger partial charge in [0.2, 0.25) is 5.91 Å². The van der Waals surface area contributed by atoms with Gasteiger partial charge in [0, 0.05) is 17.9 Å². The zero-order valence-corrected chi connectivity index (χ0v) is 10.0. The minimum Gasteiger partial charge on any atom is -0.399 e. The maximum Gasteiger partial charge on any atom is 0.241 e. The molecular weight excluding hydrogens is 224 g/mol. The summed E-state index contributed by atoms with van der Waals surface area (Å²) in [5, 5.41) is 0. The Morgan fingerprint density at radius 1 is 1.56 bits per heavy atom. The van der Waals surface area contributed by atoms with E-state index in [0.29, 0.717) is 0 Å². The van der Waals surface area contributed by atoms with Gasteiger partial charge in [-0.3, -0.25) is 4.79 Å². The molecule has 0 unspecified atom stereocenters. The fourth-order valence-corrected chi connectivity index (χ4v) is 2.46. The molecule has 0 spiro atoms. The van der Waals surface area contributed by atoms with E-state index in [4.69, 9.17) is 17.3 Å². The third-order valence-corrected chi connectivity index (χ3v) is 3.14. The molecule has 1 amide bonds. The Morgan fingerprint density at radius 2 is 2.31 bits per heavy atom. The summed E-state index contributed by atoms with van der Waals surface area (Å²) >= 11 is 5.62. The standard InChI is InChI=1S/C12H15ClN2O/c1-8-5-10(14)6-9-3-2-4-15(12(8)9)11(16)7-13/h5-6H,2-4,7,14H2,1H3. The maximum absolute atomic E-state index is 11.7. The van der Waals surface area contributed by atoms with Crippen LogP contribution in [0.15, 0.2) is 12.1 Å². The van der Waals surface area contributed by atoms with Gasteiger partial charge in [0.1, 0.15) is 5.88 Å². The fourth-order valence-electron chi connectivity index (χ4n) is 2.32. The summed E-state index contributed by atoms with van der Waals surface area (Å²) < 4.78 is 0. The van der Waals surface area contributed by atoms with Crippen molar-refractivity contribution in [3.05, 3.63) is 23.3 Å². The lowest BCUT2D eigenvalue weighted by atomic mass is 9.97. The van der Waals surface area contributed by atoms with Crippen LogP contribution in [-0.4, -0.2) is 18.3 Å². The van der Waals surface area contributed by atoms with Gasteiger partial charge < -0.3 is 10.6 Å². The summed E-state index contributed by atoms with van der Waals surface area (Å²) in [6, 6.07) is 3.86. The third-order valence-electron chi connectivity index (χ3n) is 2.91. The molecule has 0 fully saturated rings. The molecule has 3 nitrogen and oxygen atoms in total.